The highest BCUT2D eigenvalue weighted by Gasteiger charge is 2.27. The van der Waals surface area contributed by atoms with Crippen molar-refractivity contribution < 1.29 is 14.3 Å². The van der Waals surface area contributed by atoms with Crippen molar-refractivity contribution >= 4 is 47.2 Å². The average molecular weight is 586 g/mol. The Morgan fingerprint density at radius 2 is 2.14 bits per heavy atom. The molecule has 8 nitrogen and oxygen atoms in total. The number of nitrogens with zero attached hydrogens (tertiary/aromatic N) is 3. The van der Waals surface area contributed by atoms with Crippen LogP contribution in [-0.4, -0.2) is 62.6 Å². The topological polar surface area (TPSA) is 88.9 Å². The van der Waals surface area contributed by atoms with Crippen LogP contribution < -0.4 is 5.56 Å². The van der Waals surface area contributed by atoms with Gasteiger partial charge in [-0.15, -0.1) is 0 Å². The SMILES string of the molecule is COCc1cc2c(cc1C(=O)N1CCC3=C(C=CC=I3)C1)[nH]c(=O)c1cnc(C3CCOCC3)n12. The number of rotatable bonds is 4. The molecule has 0 atom stereocenters. The summed E-state index contributed by atoms with van der Waals surface area (Å²) in [6, 6.07) is 3.80. The number of allylic oxidation sites excluding steroid dienone is 1. The molecule has 0 aliphatic carbocycles. The number of hydrogen-bond donors (Lipinski definition) is 1. The lowest BCUT2D eigenvalue weighted by Gasteiger charge is -2.30. The Balaban J connectivity index is 1.46. The number of halogens is 1. The third kappa shape index (κ3) is 4.09. The highest BCUT2D eigenvalue weighted by atomic mass is 127. The van der Waals surface area contributed by atoms with Crippen LogP contribution in [0.5, 0.6) is 0 Å². The molecule has 5 heterocycles. The molecule has 182 valence electrons. The summed E-state index contributed by atoms with van der Waals surface area (Å²) >= 11 is -0.0496. The lowest BCUT2D eigenvalue weighted by molar-refractivity contribution is 0.0762. The van der Waals surface area contributed by atoms with E-state index in [0.29, 0.717) is 49.5 Å². The second-order valence-electron chi connectivity index (χ2n) is 9.14. The highest BCUT2D eigenvalue weighted by molar-refractivity contribution is 14.2. The summed E-state index contributed by atoms with van der Waals surface area (Å²) in [5, 5.41) is 0. The van der Waals surface area contributed by atoms with Gasteiger partial charge in [0.25, 0.3) is 11.5 Å². The number of nitrogens with one attached hydrogen (secondary N) is 1. The van der Waals surface area contributed by atoms with Crippen molar-refractivity contribution in [2.24, 2.45) is 0 Å². The van der Waals surface area contributed by atoms with E-state index < -0.39 is 0 Å². The van der Waals surface area contributed by atoms with E-state index in [2.05, 4.69) is 26.1 Å². The van der Waals surface area contributed by atoms with Gasteiger partial charge in [0.2, 0.25) is 0 Å². The molecule has 3 aromatic rings. The minimum atomic E-state index is -0.207. The van der Waals surface area contributed by atoms with E-state index in [1.165, 1.54) is 9.15 Å². The summed E-state index contributed by atoms with van der Waals surface area (Å²) < 4.78 is 16.8. The van der Waals surface area contributed by atoms with Gasteiger partial charge in [-0.05, 0) is 50.1 Å². The Morgan fingerprint density at radius 3 is 2.97 bits per heavy atom. The molecule has 1 N–H and O–H groups in total. The van der Waals surface area contributed by atoms with Crippen LogP contribution in [0.15, 0.2) is 44.4 Å². The molecule has 1 saturated heterocycles. The van der Waals surface area contributed by atoms with Gasteiger partial charge in [-0.25, -0.2) is 4.98 Å². The first-order chi connectivity index (χ1) is 17.1. The molecule has 0 saturated carbocycles. The fourth-order valence-corrected chi connectivity index (χ4v) is 7.39. The molecule has 1 amide bonds. The van der Waals surface area contributed by atoms with Crippen LogP contribution in [0.2, 0.25) is 0 Å². The van der Waals surface area contributed by atoms with Gasteiger partial charge < -0.3 is 19.4 Å². The number of aromatic nitrogens is 3. The molecule has 0 radical (unpaired) electrons. The molecule has 0 unspecified atom stereocenters. The van der Waals surface area contributed by atoms with Crippen molar-refractivity contribution in [1.29, 1.82) is 0 Å². The molecular formula is C26H27IN4O4. The van der Waals surface area contributed by atoms with Gasteiger partial charge in [-0.1, -0.05) is 32.9 Å². The maximum Gasteiger partial charge on any atom is 0.274 e. The second kappa shape index (κ2) is 9.44. The number of carbonyl (C=O) groups is 1. The van der Waals surface area contributed by atoms with Crippen molar-refractivity contribution in [3.8, 4) is 0 Å². The number of hydrogen-bond acceptors (Lipinski definition) is 5. The van der Waals surface area contributed by atoms with Gasteiger partial charge in [-0.2, -0.15) is 0 Å². The first-order valence-electron chi connectivity index (χ1n) is 11.9. The molecule has 3 aliphatic heterocycles. The summed E-state index contributed by atoms with van der Waals surface area (Å²) in [5.41, 5.74) is 4.44. The molecular weight excluding hydrogens is 559 g/mol. The summed E-state index contributed by atoms with van der Waals surface area (Å²) in [4.78, 5) is 36.2. The number of ether oxygens (including phenoxy) is 2. The van der Waals surface area contributed by atoms with E-state index in [1.807, 2.05) is 21.4 Å². The third-order valence-electron chi connectivity index (χ3n) is 7.01. The number of aromatic amines is 1. The zero-order valence-corrected chi connectivity index (χ0v) is 21.7. The van der Waals surface area contributed by atoms with Gasteiger partial charge >= 0.3 is 0 Å². The third-order valence-corrected chi connectivity index (χ3v) is 9.77. The largest absolute Gasteiger partial charge is 0.381 e. The fourth-order valence-electron chi connectivity index (χ4n) is 5.24. The standard InChI is InChI=1S/C26H27IN4O4/c1-34-15-18-11-22-21(12-19(18)26(33)30-8-4-20-17(14-30)3-2-7-27-20)29-25(32)23-13-28-24(31(22)23)16-5-9-35-10-6-16/h2-3,7,11-13,16H,4-6,8-10,14-15H2,1H3,(H,29,32). The normalized spacial score (nSPS) is 18.8. The summed E-state index contributed by atoms with van der Waals surface area (Å²) in [6.45, 7) is 3.04. The Morgan fingerprint density at radius 1 is 1.29 bits per heavy atom. The lowest BCUT2D eigenvalue weighted by Crippen LogP contribution is -2.37. The zero-order valence-electron chi connectivity index (χ0n) is 19.6. The predicted molar refractivity (Wildman–Crippen MR) is 144 cm³/mol. The van der Waals surface area contributed by atoms with E-state index >= 15 is 0 Å². The fraction of sp³-hybridized carbons (Fsp3) is 0.385. The van der Waals surface area contributed by atoms with E-state index in [0.717, 1.165) is 36.2 Å². The summed E-state index contributed by atoms with van der Waals surface area (Å²) in [5.74, 6) is 1.08. The van der Waals surface area contributed by atoms with Gasteiger partial charge in [0.15, 0.2) is 0 Å². The molecule has 35 heavy (non-hydrogen) atoms. The van der Waals surface area contributed by atoms with Gasteiger partial charge in [0.05, 0.1) is 23.8 Å². The quantitative estimate of drug-likeness (QED) is 0.472. The number of methoxy groups -OCH3 is 1. The van der Waals surface area contributed by atoms with Crippen LogP contribution in [0.3, 0.4) is 0 Å². The van der Waals surface area contributed by atoms with Crippen LogP contribution in [-0.2, 0) is 16.1 Å². The van der Waals surface area contributed by atoms with Gasteiger partial charge in [-0.3, -0.25) is 14.0 Å². The summed E-state index contributed by atoms with van der Waals surface area (Å²) in [7, 11) is 1.64. The van der Waals surface area contributed by atoms with Crippen LogP contribution in [0.25, 0.3) is 16.6 Å². The maximum absolute atomic E-state index is 13.7. The molecule has 9 heteroatoms. The van der Waals surface area contributed by atoms with Gasteiger partial charge in [0.1, 0.15) is 11.3 Å². The van der Waals surface area contributed by atoms with Crippen molar-refractivity contribution in [3.05, 3.63) is 66.9 Å². The van der Waals surface area contributed by atoms with Crippen LogP contribution in [0.1, 0.15) is 46.9 Å². The number of benzene rings is 1. The Labute approximate surface area is 212 Å². The smallest absolute Gasteiger partial charge is 0.274 e. The van der Waals surface area contributed by atoms with Crippen molar-refractivity contribution in [2.75, 3.05) is 33.4 Å². The van der Waals surface area contributed by atoms with Crippen molar-refractivity contribution in [3.63, 3.8) is 0 Å². The minimum Gasteiger partial charge on any atom is -0.381 e. The number of imidazole rings is 1. The number of H-pyrrole nitrogens is 1. The van der Waals surface area contributed by atoms with Gasteiger partial charge in [0, 0.05) is 44.9 Å². The van der Waals surface area contributed by atoms with Crippen LogP contribution in [0.4, 0.5) is 0 Å². The predicted octanol–water partition coefficient (Wildman–Crippen LogP) is 3.66. The van der Waals surface area contributed by atoms with E-state index in [-0.39, 0.29) is 38.1 Å². The molecule has 0 spiro atoms. The molecule has 6 rings (SSSR count). The molecule has 1 aromatic carbocycles. The average Bonchev–Trinajstić information content (AvgIpc) is 3.35. The Hall–Kier alpha value is -2.63. The van der Waals surface area contributed by atoms with Crippen molar-refractivity contribution in [1.82, 2.24) is 19.3 Å². The highest BCUT2D eigenvalue weighted by Crippen LogP contribution is 2.33. The maximum atomic E-state index is 13.7. The Bertz CT molecular complexity index is 1480. The molecule has 3 aliphatic rings. The van der Waals surface area contributed by atoms with Crippen LogP contribution in [0, 0.1) is 0 Å². The Kier molecular flexibility index (Phi) is 6.15. The van der Waals surface area contributed by atoms with E-state index in [4.69, 9.17) is 9.47 Å². The lowest BCUT2D eigenvalue weighted by atomic mass is 9.99. The van der Waals surface area contributed by atoms with E-state index in [9.17, 15) is 9.59 Å². The van der Waals surface area contributed by atoms with Crippen LogP contribution >= 0.6 is 20.7 Å². The number of fused-ring (bicyclic) bond motifs is 3. The monoisotopic (exact) mass is 586 g/mol. The first-order valence-corrected chi connectivity index (χ1v) is 14.2. The van der Waals surface area contributed by atoms with E-state index in [1.54, 1.807) is 13.3 Å². The van der Waals surface area contributed by atoms with Crippen molar-refractivity contribution in [2.45, 2.75) is 31.8 Å². The molecule has 1 fully saturated rings. The molecule has 2 aromatic heterocycles. The number of amides is 1. The molecule has 0 bridgehead atoms. The second-order valence-corrected chi connectivity index (χ2v) is 11.8. The number of carbonyl (C=O) groups excluding carboxylic acids is 1. The first kappa shape index (κ1) is 22.8. The zero-order chi connectivity index (χ0) is 23.9. The minimum absolute atomic E-state index is 0.0251. The summed E-state index contributed by atoms with van der Waals surface area (Å²) in [6.07, 6.45) is 8.58.